The van der Waals surface area contributed by atoms with Crippen molar-refractivity contribution in [2.75, 3.05) is 25.6 Å². The number of carbonyl (C=O) groups is 1. The van der Waals surface area contributed by atoms with Crippen LogP contribution in [-0.4, -0.2) is 37.4 Å². The van der Waals surface area contributed by atoms with Gasteiger partial charge in [-0.1, -0.05) is 23.7 Å². The number of aliphatic hydroxyl groups is 1. The van der Waals surface area contributed by atoms with Crippen LogP contribution in [0.3, 0.4) is 0 Å². The summed E-state index contributed by atoms with van der Waals surface area (Å²) in [5.41, 5.74) is 2.27. The highest BCUT2D eigenvalue weighted by Crippen LogP contribution is 2.14. The average Bonchev–Trinajstić information content (AvgIpc) is 2.56. The van der Waals surface area contributed by atoms with Crippen molar-refractivity contribution in [2.45, 2.75) is 12.6 Å². The van der Waals surface area contributed by atoms with E-state index in [9.17, 15) is 9.90 Å². The number of halogens is 1. The molecule has 2 aromatic carbocycles. The molecule has 1 unspecified atom stereocenters. The number of aliphatic hydroxyl groups excluding tert-OH is 1. The minimum absolute atomic E-state index is 0.188. The van der Waals surface area contributed by atoms with Crippen molar-refractivity contribution in [2.24, 2.45) is 0 Å². The Hall–Kier alpha value is -1.92. The first-order valence-electron chi connectivity index (χ1n) is 7.62. The van der Waals surface area contributed by atoms with Crippen LogP contribution in [0.4, 0.5) is 5.69 Å². The topological polar surface area (TPSA) is 70.6 Å². The van der Waals surface area contributed by atoms with E-state index in [4.69, 9.17) is 16.3 Å². The van der Waals surface area contributed by atoms with E-state index in [2.05, 4.69) is 10.6 Å². The average molecular weight is 349 g/mol. The molecule has 0 heterocycles. The minimum Gasteiger partial charge on any atom is -0.389 e. The molecule has 1 atom stereocenters. The second kappa shape index (κ2) is 9.39. The molecule has 1 amide bonds. The number of rotatable bonds is 8. The number of carbonyl (C=O) groups excluding carboxylic acids is 1. The monoisotopic (exact) mass is 348 g/mol. The van der Waals surface area contributed by atoms with Crippen LogP contribution in [0.1, 0.15) is 15.9 Å². The quantitative estimate of drug-likeness (QED) is 0.686. The van der Waals surface area contributed by atoms with E-state index in [1.54, 1.807) is 31.4 Å². The normalized spacial score (nSPS) is 12.0. The molecule has 0 saturated carbocycles. The highest BCUT2D eigenvalue weighted by atomic mass is 35.5. The maximum Gasteiger partial charge on any atom is 0.255 e. The molecule has 0 fully saturated rings. The zero-order chi connectivity index (χ0) is 17.4. The van der Waals surface area contributed by atoms with Gasteiger partial charge in [-0.15, -0.1) is 0 Å². The molecule has 3 N–H and O–H groups in total. The van der Waals surface area contributed by atoms with E-state index in [1.807, 2.05) is 24.3 Å². The second-order valence-corrected chi connectivity index (χ2v) is 5.84. The van der Waals surface area contributed by atoms with Crippen LogP contribution in [0, 0.1) is 0 Å². The van der Waals surface area contributed by atoms with E-state index < -0.39 is 6.10 Å². The number of benzene rings is 2. The molecule has 2 rings (SSSR count). The Morgan fingerprint density at radius 3 is 2.71 bits per heavy atom. The van der Waals surface area contributed by atoms with Crippen molar-refractivity contribution in [3.05, 3.63) is 64.7 Å². The summed E-state index contributed by atoms with van der Waals surface area (Å²) in [5, 5.41) is 16.2. The molecule has 0 aromatic heterocycles. The third-order valence-electron chi connectivity index (χ3n) is 3.36. The van der Waals surface area contributed by atoms with Crippen molar-refractivity contribution in [3.63, 3.8) is 0 Å². The van der Waals surface area contributed by atoms with Gasteiger partial charge in [-0.3, -0.25) is 4.79 Å². The van der Waals surface area contributed by atoms with Crippen LogP contribution in [-0.2, 0) is 11.3 Å². The van der Waals surface area contributed by atoms with Crippen LogP contribution in [0.5, 0.6) is 0 Å². The number of anilines is 1. The van der Waals surface area contributed by atoms with E-state index in [0.717, 1.165) is 5.56 Å². The van der Waals surface area contributed by atoms with Gasteiger partial charge in [-0.25, -0.2) is 0 Å². The number of hydrogen-bond acceptors (Lipinski definition) is 4. The van der Waals surface area contributed by atoms with Crippen molar-refractivity contribution in [1.29, 1.82) is 0 Å². The summed E-state index contributed by atoms with van der Waals surface area (Å²) in [4.78, 5) is 12.2. The summed E-state index contributed by atoms with van der Waals surface area (Å²) < 4.78 is 4.87. The van der Waals surface area contributed by atoms with Gasteiger partial charge in [-0.2, -0.15) is 0 Å². The lowest BCUT2D eigenvalue weighted by Gasteiger charge is -2.11. The van der Waals surface area contributed by atoms with E-state index in [0.29, 0.717) is 36.0 Å². The molecule has 0 aliphatic rings. The molecule has 0 aliphatic heterocycles. The summed E-state index contributed by atoms with van der Waals surface area (Å²) in [7, 11) is 1.55. The fourth-order valence-electron chi connectivity index (χ4n) is 2.20. The first-order chi connectivity index (χ1) is 11.6. The largest absolute Gasteiger partial charge is 0.389 e. The number of nitrogens with one attached hydrogen (secondary N) is 2. The minimum atomic E-state index is -0.539. The fourth-order valence-corrected chi connectivity index (χ4v) is 2.32. The predicted molar refractivity (Wildman–Crippen MR) is 95.4 cm³/mol. The molecule has 6 heteroatoms. The summed E-state index contributed by atoms with van der Waals surface area (Å²) in [5.74, 6) is -0.188. The Bertz CT molecular complexity index is 662. The van der Waals surface area contributed by atoms with Crippen LogP contribution in [0.15, 0.2) is 48.5 Å². The SMILES string of the molecule is COCC(O)CNCc1cccc(NC(=O)c2ccc(Cl)cc2)c1. The molecule has 0 radical (unpaired) electrons. The standard InChI is InChI=1S/C18H21ClN2O3/c1-24-12-17(22)11-20-10-13-3-2-4-16(9-13)21-18(23)14-5-7-15(19)8-6-14/h2-9,17,20,22H,10-12H2,1H3,(H,21,23). The van der Waals surface area contributed by atoms with Crippen molar-refractivity contribution in [1.82, 2.24) is 5.32 Å². The van der Waals surface area contributed by atoms with E-state index in [-0.39, 0.29) is 5.91 Å². The molecule has 0 aliphatic carbocycles. The fraction of sp³-hybridized carbons (Fsp3) is 0.278. The molecule has 0 saturated heterocycles. The van der Waals surface area contributed by atoms with Crippen molar-refractivity contribution in [3.8, 4) is 0 Å². The van der Waals surface area contributed by atoms with Gasteiger partial charge in [0.25, 0.3) is 5.91 Å². The van der Waals surface area contributed by atoms with Crippen LogP contribution in [0.25, 0.3) is 0 Å². The first-order valence-corrected chi connectivity index (χ1v) is 8.00. The third kappa shape index (κ3) is 5.94. The zero-order valence-corrected chi connectivity index (χ0v) is 14.2. The van der Waals surface area contributed by atoms with Gasteiger partial charge in [0.05, 0.1) is 12.7 Å². The van der Waals surface area contributed by atoms with Crippen molar-refractivity contribution >= 4 is 23.2 Å². The number of amides is 1. The van der Waals surface area contributed by atoms with Gasteiger partial charge in [0.1, 0.15) is 0 Å². The van der Waals surface area contributed by atoms with Crippen molar-refractivity contribution < 1.29 is 14.6 Å². The number of hydrogen-bond donors (Lipinski definition) is 3. The maximum absolute atomic E-state index is 12.2. The summed E-state index contributed by atoms with van der Waals surface area (Å²) in [6, 6.07) is 14.3. The highest BCUT2D eigenvalue weighted by molar-refractivity contribution is 6.30. The lowest BCUT2D eigenvalue weighted by molar-refractivity contribution is 0.0644. The highest BCUT2D eigenvalue weighted by Gasteiger charge is 2.07. The molecule has 0 spiro atoms. The Balaban J connectivity index is 1.90. The zero-order valence-electron chi connectivity index (χ0n) is 13.5. The molecule has 128 valence electrons. The summed E-state index contributed by atoms with van der Waals surface area (Å²) >= 11 is 5.82. The Labute approximate surface area is 146 Å². The smallest absolute Gasteiger partial charge is 0.255 e. The second-order valence-electron chi connectivity index (χ2n) is 5.40. The van der Waals surface area contributed by atoms with Gasteiger partial charge < -0.3 is 20.5 Å². The lowest BCUT2D eigenvalue weighted by Crippen LogP contribution is -2.29. The van der Waals surface area contributed by atoms with E-state index >= 15 is 0 Å². The predicted octanol–water partition coefficient (Wildman–Crippen LogP) is 2.69. The molecule has 2 aromatic rings. The van der Waals surface area contributed by atoms with Crippen LogP contribution < -0.4 is 10.6 Å². The van der Waals surface area contributed by atoms with Crippen LogP contribution in [0.2, 0.25) is 5.02 Å². The maximum atomic E-state index is 12.2. The van der Waals surface area contributed by atoms with Gasteiger partial charge in [0.2, 0.25) is 0 Å². The van der Waals surface area contributed by atoms with E-state index in [1.165, 1.54) is 0 Å². The lowest BCUT2D eigenvalue weighted by atomic mass is 10.1. The van der Waals surface area contributed by atoms with Gasteiger partial charge in [0, 0.05) is 36.5 Å². The number of methoxy groups -OCH3 is 1. The molecular formula is C18H21ClN2O3. The van der Waals surface area contributed by atoms with Gasteiger partial charge in [0.15, 0.2) is 0 Å². The molecule has 5 nitrogen and oxygen atoms in total. The van der Waals surface area contributed by atoms with Gasteiger partial charge >= 0.3 is 0 Å². The summed E-state index contributed by atoms with van der Waals surface area (Å²) in [6.07, 6.45) is -0.539. The molecule has 0 bridgehead atoms. The summed E-state index contributed by atoms with van der Waals surface area (Å²) in [6.45, 7) is 1.32. The number of ether oxygens (including phenoxy) is 1. The first kappa shape index (κ1) is 18.4. The van der Waals surface area contributed by atoms with Gasteiger partial charge in [-0.05, 0) is 42.0 Å². The molecular weight excluding hydrogens is 328 g/mol. The van der Waals surface area contributed by atoms with Crippen LogP contribution >= 0.6 is 11.6 Å². The Morgan fingerprint density at radius 2 is 2.00 bits per heavy atom. The Kier molecular flexibility index (Phi) is 7.21. The Morgan fingerprint density at radius 1 is 1.25 bits per heavy atom. The molecule has 24 heavy (non-hydrogen) atoms. The third-order valence-corrected chi connectivity index (χ3v) is 3.61.